The fourth-order valence-corrected chi connectivity index (χ4v) is 3.22. The van der Waals surface area contributed by atoms with Crippen LogP contribution >= 0.6 is 11.6 Å². The Kier molecular flexibility index (Phi) is 6.10. The van der Waals surface area contributed by atoms with Crippen molar-refractivity contribution in [3.63, 3.8) is 0 Å². The molecule has 28 heavy (non-hydrogen) atoms. The summed E-state index contributed by atoms with van der Waals surface area (Å²) in [5.74, 6) is 0.568. The molecule has 0 aliphatic carbocycles. The van der Waals surface area contributed by atoms with E-state index in [0.29, 0.717) is 17.4 Å². The topological polar surface area (TPSA) is 51.5 Å². The standard InChI is InChI=1S/C23H24ClNO3/c1-5-27-21-12-22-19(11-18(21)15(4)10-23(26)25-14(2)3)20(13-28-22)16-6-8-17(24)9-7-16/h6-14H,5H2,1-4H3,(H,25,26)/b15-10+. The van der Waals surface area contributed by atoms with Crippen LogP contribution in [0.1, 0.15) is 33.3 Å². The van der Waals surface area contributed by atoms with Crippen LogP contribution in [0.4, 0.5) is 0 Å². The predicted octanol–water partition coefficient (Wildman–Crippen LogP) is 6.08. The zero-order chi connectivity index (χ0) is 20.3. The Bertz CT molecular complexity index is 1020. The van der Waals surface area contributed by atoms with E-state index < -0.39 is 0 Å². The first-order valence-electron chi connectivity index (χ1n) is 9.32. The van der Waals surface area contributed by atoms with E-state index in [1.165, 1.54) is 0 Å². The summed E-state index contributed by atoms with van der Waals surface area (Å²) < 4.78 is 11.6. The summed E-state index contributed by atoms with van der Waals surface area (Å²) in [5.41, 5.74) is 4.40. The largest absolute Gasteiger partial charge is 0.493 e. The molecule has 3 aromatic rings. The number of amides is 1. The third-order valence-electron chi connectivity index (χ3n) is 4.33. The molecule has 0 saturated heterocycles. The summed E-state index contributed by atoms with van der Waals surface area (Å²) in [5, 5.41) is 4.52. The Morgan fingerprint density at radius 1 is 1.25 bits per heavy atom. The van der Waals surface area contributed by atoms with Gasteiger partial charge in [0.25, 0.3) is 0 Å². The molecule has 1 heterocycles. The number of fused-ring (bicyclic) bond motifs is 1. The fraction of sp³-hybridized carbons (Fsp3) is 0.261. The Morgan fingerprint density at radius 2 is 1.96 bits per heavy atom. The highest BCUT2D eigenvalue weighted by Crippen LogP contribution is 2.37. The number of ether oxygens (including phenoxy) is 1. The normalized spacial score (nSPS) is 11.9. The van der Waals surface area contributed by atoms with Crippen molar-refractivity contribution in [3.05, 3.63) is 59.3 Å². The molecule has 0 bridgehead atoms. The molecule has 1 N–H and O–H groups in total. The molecule has 0 fully saturated rings. The van der Waals surface area contributed by atoms with E-state index in [4.69, 9.17) is 20.8 Å². The smallest absolute Gasteiger partial charge is 0.244 e. The number of benzene rings is 2. The first kappa shape index (κ1) is 20.0. The van der Waals surface area contributed by atoms with Gasteiger partial charge in [0.1, 0.15) is 11.3 Å². The van der Waals surface area contributed by atoms with Gasteiger partial charge in [-0.3, -0.25) is 4.79 Å². The minimum Gasteiger partial charge on any atom is -0.493 e. The van der Waals surface area contributed by atoms with Crippen LogP contribution in [0.15, 0.2) is 53.2 Å². The van der Waals surface area contributed by atoms with Gasteiger partial charge in [-0.15, -0.1) is 0 Å². The molecule has 146 valence electrons. The fourth-order valence-electron chi connectivity index (χ4n) is 3.09. The maximum Gasteiger partial charge on any atom is 0.244 e. The molecule has 1 amide bonds. The quantitative estimate of drug-likeness (QED) is 0.513. The predicted molar refractivity (Wildman–Crippen MR) is 115 cm³/mol. The van der Waals surface area contributed by atoms with Crippen LogP contribution in [0.2, 0.25) is 5.02 Å². The lowest BCUT2D eigenvalue weighted by molar-refractivity contribution is -0.116. The second kappa shape index (κ2) is 8.53. The van der Waals surface area contributed by atoms with E-state index in [-0.39, 0.29) is 11.9 Å². The number of hydrogen-bond acceptors (Lipinski definition) is 3. The summed E-state index contributed by atoms with van der Waals surface area (Å²) >= 11 is 6.01. The molecule has 5 heteroatoms. The SMILES string of the molecule is CCOc1cc2occ(-c3ccc(Cl)cc3)c2cc1/C(C)=C/C(=O)NC(C)C. The molecular formula is C23H24ClNO3. The summed E-state index contributed by atoms with van der Waals surface area (Å²) in [7, 11) is 0. The molecule has 1 aromatic heterocycles. The Labute approximate surface area is 170 Å². The number of hydrogen-bond donors (Lipinski definition) is 1. The van der Waals surface area contributed by atoms with E-state index in [9.17, 15) is 4.79 Å². The van der Waals surface area contributed by atoms with Gasteiger partial charge < -0.3 is 14.5 Å². The van der Waals surface area contributed by atoms with Crippen LogP contribution in [0.5, 0.6) is 5.75 Å². The van der Waals surface area contributed by atoms with Crippen LogP contribution in [0.3, 0.4) is 0 Å². The van der Waals surface area contributed by atoms with Gasteiger partial charge in [0.2, 0.25) is 5.91 Å². The highest BCUT2D eigenvalue weighted by molar-refractivity contribution is 6.30. The van der Waals surface area contributed by atoms with Gasteiger partial charge in [-0.2, -0.15) is 0 Å². The molecule has 0 unspecified atom stereocenters. The molecule has 0 saturated carbocycles. The van der Waals surface area contributed by atoms with Crippen LogP contribution in [0, 0.1) is 0 Å². The van der Waals surface area contributed by atoms with Crippen LogP contribution in [-0.4, -0.2) is 18.6 Å². The number of nitrogens with one attached hydrogen (secondary N) is 1. The molecule has 0 radical (unpaired) electrons. The summed E-state index contributed by atoms with van der Waals surface area (Å²) in [6, 6.07) is 11.6. The average Bonchev–Trinajstić information content (AvgIpc) is 3.04. The summed E-state index contributed by atoms with van der Waals surface area (Å²) in [4.78, 5) is 12.2. The van der Waals surface area contributed by atoms with Gasteiger partial charge in [0.05, 0.1) is 12.9 Å². The molecule has 0 atom stereocenters. The van der Waals surface area contributed by atoms with E-state index in [1.807, 2.05) is 64.1 Å². The van der Waals surface area contributed by atoms with E-state index in [0.717, 1.165) is 33.2 Å². The molecule has 0 aliphatic heterocycles. The highest BCUT2D eigenvalue weighted by atomic mass is 35.5. The van der Waals surface area contributed by atoms with E-state index >= 15 is 0 Å². The van der Waals surface area contributed by atoms with Gasteiger partial charge >= 0.3 is 0 Å². The van der Waals surface area contributed by atoms with Crippen molar-refractivity contribution < 1.29 is 13.9 Å². The third kappa shape index (κ3) is 4.39. The second-order valence-electron chi connectivity index (χ2n) is 6.92. The maximum atomic E-state index is 12.2. The number of rotatable bonds is 6. The van der Waals surface area contributed by atoms with E-state index in [2.05, 4.69) is 5.32 Å². The maximum absolute atomic E-state index is 12.2. The zero-order valence-corrected chi connectivity index (χ0v) is 17.3. The third-order valence-corrected chi connectivity index (χ3v) is 4.59. The van der Waals surface area contributed by atoms with Gasteiger partial charge in [0.15, 0.2) is 0 Å². The Hall–Kier alpha value is -2.72. The molecule has 0 spiro atoms. The minimum atomic E-state index is -0.125. The first-order chi connectivity index (χ1) is 13.4. The van der Waals surface area contributed by atoms with Crippen molar-refractivity contribution in [2.75, 3.05) is 6.61 Å². The van der Waals surface area contributed by atoms with Gasteiger partial charge in [-0.05, 0) is 57.0 Å². The van der Waals surface area contributed by atoms with Crippen molar-refractivity contribution in [2.24, 2.45) is 0 Å². The Morgan fingerprint density at radius 3 is 2.61 bits per heavy atom. The van der Waals surface area contributed by atoms with Crippen LogP contribution in [0.25, 0.3) is 27.7 Å². The molecule has 3 rings (SSSR count). The van der Waals surface area contributed by atoms with Crippen LogP contribution < -0.4 is 10.1 Å². The monoisotopic (exact) mass is 397 g/mol. The van der Waals surface area contributed by atoms with Crippen molar-refractivity contribution in [2.45, 2.75) is 33.7 Å². The highest BCUT2D eigenvalue weighted by Gasteiger charge is 2.15. The number of furan rings is 1. The van der Waals surface area contributed by atoms with E-state index in [1.54, 1.807) is 12.3 Å². The number of halogens is 1. The Balaban J connectivity index is 2.10. The molecule has 2 aromatic carbocycles. The first-order valence-corrected chi connectivity index (χ1v) is 9.70. The summed E-state index contributed by atoms with van der Waals surface area (Å²) in [6.45, 7) is 8.23. The van der Waals surface area contributed by atoms with Crippen molar-refractivity contribution in [3.8, 4) is 16.9 Å². The van der Waals surface area contributed by atoms with Gasteiger partial charge in [0, 0.05) is 39.7 Å². The lowest BCUT2D eigenvalue weighted by atomic mass is 9.99. The number of allylic oxidation sites excluding steroid dienone is 1. The lowest BCUT2D eigenvalue weighted by Crippen LogP contribution is -2.28. The molecule has 4 nitrogen and oxygen atoms in total. The zero-order valence-electron chi connectivity index (χ0n) is 16.5. The molecular weight excluding hydrogens is 374 g/mol. The lowest BCUT2D eigenvalue weighted by Gasteiger charge is -2.12. The van der Waals surface area contributed by atoms with Gasteiger partial charge in [-0.1, -0.05) is 23.7 Å². The minimum absolute atomic E-state index is 0.0794. The summed E-state index contributed by atoms with van der Waals surface area (Å²) in [6.07, 6.45) is 3.34. The van der Waals surface area contributed by atoms with Gasteiger partial charge in [-0.25, -0.2) is 0 Å². The van der Waals surface area contributed by atoms with Crippen molar-refractivity contribution >= 4 is 34.1 Å². The van der Waals surface area contributed by atoms with Crippen molar-refractivity contribution in [1.82, 2.24) is 5.32 Å². The van der Waals surface area contributed by atoms with Crippen LogP contribution in [-0.2, 0) is 4.79 Å². The molecule has 0 aliphatic rings. The number of carbonyl (C=O) groups is 1. The second-order valence-corrected chi connectivity index (χ2v) is 7.36. The number of carbonyl (C=O) groups excluding carboxylic acids is 1. The average molecular weight is 398 g/mol. The van der Waals surface area contributed by atoms with Crippen molar-refractivity contribution in [1.29, 1.82) is 0 Å².